The van der Waals surface area contributed by atoms with Crippen molar-refractivity contribution >= 4 is 21.4 Å². The average molecular weight is 377 g/mol. The van der Waals surface area contributed by atoms with Crippen LogP contribution < -0.4 is 4.72 Å². The van der Waals surface area contributed by atoms with Crippen LogP contribution in [0.3, 0.4) is 0 Å². The molecule has 0 fully saturated rings. The van der Waals surface area contributed by atoms with Gasteiger partial charge in [-0.25, -0.2) is 13.1 Å². The molecule has 8 heteroatoms. The summed E-state index contributed by atoms with van der Waals surface area (Å²) in [6.07, 6.45) is 1.16. The van der Waals surface area contributed by atoms with Gasteiger partial charge in [0.25, 0.3) is 0 Å². The van der Waals surface area contributed by atoms with Crippen molar-refractivity contribution in [1.29, 1.82) is 0 Å². The Labute approximate surface area is 151 Å². The molecule has 0 amide bonds. The minimum atomic E-state index is -3.49. The maximum Gasteiger partial charge on any atom is 0.250 e. The first-order chi connectivity index (χ1) is 12.0. The van der Waals surface area contributed by atoms with Gasteiger partial charge in [0.1, 0.15) is 4.21 Å². The van der Waals surface area contributed by atoms with Gasteiger partial charge < -0.3 is 4.52 Å². The Kier molecular flexibility index (Phi) is 5.31. The predicted octanol–water partition coefficient (Wildman–Crippen LogP) is 3.19. The standard InChI is InChI=1S/C17H19N3O3S2/c1-3-13-8-9-16(24-13)25(21,22)18-11-10-15-19-17(20-23-15)14-7-5-4-6-12(14)2/h4-9,18H,3,10-11H2,1-2H3. The molecule has 0 atom stereocenters. The highest BCUT2D eigenvalue weighted by atomic mass is 32.2. The number of hydrogen-bond acceptors (Lipinski definition) is 6. The van der Waals surface area contributed by atoms with Crippen LogP contribution >= 0.6 is 11.3 Å². The number of nitrogens with zero attached hydrogens (tertiary/aromatic N) is 2. The van der Waals surface area contributed by atoms with Crippen LogP contribution in [0.4, 0.5) is 0 Å². The van der Waals surface area contributed by atoms with Crippen LogP contribution in [0.2, 0.25) is 0 Å². The van der Waals surface area contributed by atoms with Crippen molar-refractivity contribution in [2.75, 3.05) is 6.54 Å². The molecule has 0 saturated heterocycles. The molecule has 2 heterocycles. The van der Waals surface area contributed by atoms with E-state index < -0.39 is 10.0 Å². The van der Waals surface area contributed by atoms with Gasteiger partial charge >= 0.3 is 0 Å². The van der Waals surface area contributed by atoms with Crippen molar-refractivity contribution in [3.8, 4) is 11.4 Å². The monoisotopic (exact) mass is 377 g/mol. The summed E-state index contributed by atoms with van der Waals surface area (Å²) in [6.45, 7) is 4.18. The van der Waals surface area contributed by atoms with Crippen molar-refractivity contribution < 1.29 is 12.9 Å². The number of hydrogen-bond donors (Lipinski definition) is 1. The third kappa shape index (κ3) is 4.15. The zero-order valence-electron chi connectivity index (χ0n) is 14.0. The molecule has 0 aliphatic carbocycles. The van der Waals surface area contributed by atoms with E-state index in [-0.39, 0.29) is 6.54 Å². The molecule has 0 unspecified atom stereocenters. The van der Waals surface area contributed by atoms with Gasteiger partial charge in [-0.15, -0.1) is 11.3 Å². The van der Waals surface area contributed by atoms with E-state index in [0.717, 1.165) is 22.4 Å². The largest absolute Gasteiger partial charge is 0.339 e. The summed E-state index contributed by atoms with van der Waals surface area (Å²) in [5, 5.41) is 3.97. The lowest BCUT2D eigenvalue weighted by molar-refractivity contribution is 0.379. The van der Waals surface area contributed by atoms with Crippen LogP contribution in [-0.4, -0.2) is 25.1 Å². The Morgan fingerprint density at radius 2 is 2.00 bits per heavy atom. The lowest BCUT2D eigenvalue weighted by Crippen LogP contribution is -2.25. The van der Waals surface area contributed by atoms with E-state index in [2.05, 4.69) is 14.9 Å². The molecule has 25 heavy (non-hydrogen) atoms. The number of sulfonamides is 1. The molecule has 6 nitrogen and oxygen atoms in total. The lowest BCUT2D eigenvalue weighted by atomic mass is 10.1. The van der Waals surface area contributed by atoms with E-state index >= 15 is 0 Å². The van der Waals surface area contributed by atoms with Gasteiger partial charge in [0.15, 0.2) is 0 Å². The normalized spacial score (nSPS) is 11.8. The second-order valence-corrected chi connectivity index (χ2v) is 8.71. The number of aryl methyl sites for hydroxylation is 2. The molecule has 3 aromatic rings. The molecule has 0 aliphatic rings. The smallest absolute Gasteiger partial charge is 0.250 e. The fraction of sp³-hybridized carbons (Fsp3) is 0.294. The highest BCUT2D eigenvalue weighted by Crippen LogP contribution is 2.22. The molecule has 2 aromatic heterocycles. The first kappa shape index (κ1) is 17.8. The predicted molar refractivity (Wildman–Crippen MR) is 97.1 cm³/mol. The zero-order valence-corrected chi connectivity index (χ0v) is 15.7. The number of thiophene rings is 1. The summed E-state index contributed by atoms with van der Waals surface area (Å²) in [6, 6.07) is 11.2. The topological polar surface area (TPSA) is 85.1 Å². The quantitative estimate of drug-likeness (QED) is 0.683. The Morgan fingerprint density at radius 3 is 2.72 bits per heavy atom. The second-order valence-electron chi connectivity index (χ2n) is 5.55. The fourth-order valence-electron chi connectivity index (χ4n) is 2.35. The van der Waals surface area contributed by atoms with Crippen LogP contribution in [0.25, 0.3) is 11.4 Å². The van der Waals surface area contributed by atoms with Crippen LogP contribution in [0.1, 0.15) is 23.3 Å². The van der Waals surface area contributed by atoms with Crippen molar-refractivity contribution in [3.63, 3.8) is 0 Å². The van der Waals surface area contributed by atoms with E-state index in [0.29, 0.717) is 22.3 Å². The third-order valence-electron chi connectivity index (χ3n) is 3.74. The minimum absolute atomic E-state index is 0.205. The van der Waals surface area contributed by atoms with Gasteiger partial charge in [0.2, 0.25) is 21.7 Å². The molecule has 1 N–H and O–H groups in total. The number of nitrogens with one attached hydrogen (secondary N) is 1. The fourth-order valence-corrected chi connectivity index (χ4v) is 4.72. The second kappa shape index (κ2) is 7.47. The van der Waals surface area contributed by atoms with Crippen LogP contribution in [0.5, 0.6) is 0 Å². The summed E-state index contributed by atoms with van der Waals surface area (Å²) in [7, 11) is -3.49. The Bertz CT molecular complexity index is 961. The highest BCUT2D eigenvalue weighted by molar-refractivity contribution is 7.91. The molecular weight excluding hydrogens is 358 g/mol. The molecule has 0 saturated carbocycles. The minimum Gasteiger partial charge on any atom is -0.339 e. The van der Waals surface area contributed by atoms with E-state index in [1.54, 1.807) is 6.07 Å². The van der Waals surface area contributed by atoms with Gasteiger partial charge in [0.05, 0.1) is 0 Å². The van der Waals surface area contributed by atoms with Crippen molar-refractivity contribution in [2.45, 2.75) is 30.9 Å². The van der Waals surface area contributed by atoms with Gasteiger partial charge in [-0.2, -0.15) is 4.98 Å². The third-order valence-corrected chi connectivity index (χ3v) is 6.92. The maximum atomic E-state index is 12.3. The maximum absolute atomic E-state index is 12.3. The molecule has 132 valence electrons. The molecule has 0 bridgehead atoms. The van der Waals surface area contributed by atoms with Crippen molar-refractivity contribution in [1.82, 2.24) is 14.9 Å². The SMILES string of the molecule is CCc1ccc(S(=O)(=O)NCCc2nc(-c3ccccc3C)no2)s1. The van der Waals surface area contributed by atoms with Gasteiger partial charge in [-0.05, 0) is 31.0 Å². The average Bonchev–Trinajstić information content (AvgIpc) is 3.24. The van der Waals surface area contributed by atoms with E-state index in [4.69, 9.17) is 4.52 Å². The van der Waals surface area contributed by atoms with E-state index in [9.17, 15) is 8.42 Å². The lowest BCUT2D eigenvalue weighted by Gasteiger charge is -2.02. The summed E-state index contributed by atoms with van der Waals surface area (Å²) >= 11 is 1.29. The summed E-state index contributed by atoms with van der Waals surface area (Å²) < 4.78 is 32.6. The zero-order chi connectivity index (χ0) is 17.9. The van der Waals surface area contributed by atoms with Gasteiger partial charge in [-0.1, -0.05) is 36.3 Å². The van der Waals surface area contributed by atoms with Gasteiger partial charge in [-0.3, -0.25) is 0 Å². The molecule has 0 aliphatic heterocycles. The summed E-state index contributed by atoms with van der Waals surface area (Å²) in [5.74, 6) is 0.920. The first-order valence-electron chi connectivity index (χ1n) is 7.96. The van der Waals surface area contributed by atoms with Crippen LogP contribution in [0.15, 0.2) is 45.1 Å². The summed E-state index contributed by atoms with van der Waals surface area (Å²) in [4.78, 5) is 5.38. The van der Waals surface area contributed by atoms with Crippen LogP contribution in [-0.2, 0) is 22.9 Å². The number of rotatable bonds is 7. The van der Waals surface area contributed by atoms with E-state index in [1.165, 1.54) is 11.3 Å². The Hall–Kier alpha value is -2.03. The Balaban J connectivity index is 1.62. The summed E-state index contributed by atoms with van der Waals surface area (Å²) in [5.41, 5.74) is 1.96. The molecule has 0 spiro atoms. The van der Waals surface area contributed by atoms with Crippen LogP contribution in [0, 0.1) is 6.92 Å². The van der Waals surface area contributed by atoms with Gasteiger partial charge in [0, 0.05) is 23.4 Å². The molecular formula is C17H19N3O3S2. The van der Waals surface area contributed by atoms with Crippen molar-refractivity contribution in [2.24, 2.45) is 0 Å². The highest BCUT2D eigenvalue weighted by Gasteiger charge is 2.17. The number of aromatic nitrogens is 2. The Morgan fingerprint density at radius 1 is 1.20 bits per heavy atom. The van der Waals surface area contributed by atoms with E-state index in [1.807, 2.05) is 44.2 Å². The molecule has 1 aromatic carbocycles. The molecule has 0 radical (unpaired) electrons. The number of benzene rings is 1. The first-order valence-corrected chi connectivity index (χ1v) is 10.3. The molecule has 3 rings (SSSR count). The van der Waals surface area contributed by atoms with Crippen molar-refractivity contribution in [3.05, 3.63) is 52.7 Å².